The summed E-state index contributed by atoms with van der Waals surface area (Å²) in [6, 6.07) is -0.657. The molecule has 0 spiro atoms. The van der Waals surface area contributed by atoms with E-state index in [9.17, 15) is 9.59 Å². The molecule has 1 amide bonds. The van der Waals surface area contributed by atoms with Crippen LogP contribution in [0.15, 0.2) is 0 Å². The summed E-state index contributed by atoms with van der Waals surface area (Å²) in [5.74, 6) is -0.715. The third-order valence-electron chi connectivity index (χ3n) is 3.32. The van der Waals surface area contributed by atoms with Crippen LogP contribution in [0.5, 0.6) is 0 Å². The van der Waals surface area contributed by atoms with Crippen molar-refractivity contribution in [3.63, 3.8) is 0 Å². The highest BCUT2D eigenvalue weighted by molar-refractivity contribution is 7.16. The maximum absolute atomic E-state index is 12.2. The van der Waals surface area contributed by atoms with E-state index in [0.29, 0.717) is 17.2 Å². The normalized spacial score (nSPS) is 12.9. The van der Waals surface area contributed by atoms with E-state index in [1.807, 2.05) is 34.6 Å². The Labute approximate surface area is 129 Å². The molecule has 1 atom stereocenters. The Morgan fingerprint density at radius 3 is 2.38 bits per heavy atom. The predicted molar refractivity (Wildman–Crippen MR) is 85.8 cm³/mol. The Bertz CT molecular complexity index is 544. The molecule has 0 aliphatic heterocycles. The number of amides is 1. The molecule has 3 N–H and O–H groups in total. The lowest BCUT2D eigenvalue weighted by atomic mass is 9.87. The van der Waals surface area contributed by atoms with Gasteiger partial charge in [-0.05, 0) is 31.7 Å². The first kappa shape index (κ1) is 17.7. The van der Waals surface area contributed by atoms with Gasteiger partial charge < -0.3 is 15.8 Å². The van der Waals surface area contributed by atoms with E-state index in [2.05, 4.69) is 5.32 Å². The van der Waals surface area contributed by atoms with Crippen LogP contribution in [0.25, 0.3) is 0 Å². The van der Waals surface area contributed by atoms with E-state index in [4.69, 9.17) is 10.5 Å². The molecule has 0 radical (unpaired) electrons. The van der Waals surface area contributed by atoms with Crippen LogP contribution in [0, 0.1) is 19.3 Å². The van der Waals surface area contributed by atoms with Crippen LogP contribution in [-0.2, 0) is 9.53 Å². The van der Waals surface area contributed by atoms with Crippen molar-refractivity contribution in [2.24, 2.45) is 11.1 Å². The molecule has 1 heterocycles. The number of thiophene rings is 1. The van der Waals surface area contributed by atoms with Crippen molar-refractivity contribution in [1.82, 2.24) is 0 Å². The first-order chi connectivity index (χ1) is 9.59. The van der Waals surface area contributed by atoms with Gasteiger partial charge in [-0.3, -0.25) is 4.79 Å². The summed E-state index contributed by atoms with van der Waals surface area (Å²) in [7, 11) is 0. The third-order valence-corrected chi connectivity index (χ3v) is 4.44. The number of carbonyl (C=O) groups excluding carboxylic acids is 2. The van der Waals surface area contributed by atoms with E-state index >= 15 is 0 Å². The number of hydrogen-bond acceptors (Lipinski definition) is 5. The van der Waals surface area contributed by atoms with Gasteiger partial charge in [0, 0.05) is 4.88 Å². The molecule has 0 aromatic carbocycles. The highest BCUT2D eigenvalue weighted by Gasteiger charge is 2.29. The van der Waals surface area contributed by atoms with Gasteiger partial charge in [-0.25, -0.2) is 4.79 Å². The zero-order valence-corrected chi connectivity index (χ0v) is 14.3. The molecule has 0 saturated carbocycles. The van der Waals surface area contributed by atoms with Crippen molar-refractivity contribution in [2.75, 3.05) is 11.9 Å². The van der Waals surface area contributed by atoms with E-state index in [1.54, 1.807) is 6.92 Å². The van der Waals surface area contributed by atoms with E-state index < -0.39 is 12.0 Å². The van der Waals surface area contributed by atoms with Crippen LogP contribution in [0.1, 0.15) is 48.5 Å². The smallest absolute Gasteiger partial charge is 0.341 e. The predicted octanol–water partition coefficient (Wildman–Crippen LogP) is 2.85. The molecule has 0 aliphatic rings. The van der Waals surface area contributed by atoms with Gasteiger partial charge in [-0.2, -0.15) is 0 Å². The monoisotopic (exact) mass is 312 g/mol. The average molecular weight is 312 g/mol. The van der Waals surface area contributed by atoms with Gasteiger partial charge in [0.25, 0.3) is 0 Å². The largest absolute Gasteiger partial charge is 0.462 e. The Balaban J connectivity index is 3.07. The molecule has 0 aliphatic carbocycles. The van der Waals surface area contributed by atoms with Crippen molar-refractivity contribution in [1.29, 1.82) is 0 Å². The molecule has 1 aromatic heterocycles. The summed E-state index contributed by atoms with van der Waals surface area (Å²) in [6.45, 7) is 11.5. The van der Waals surface area contributed by atoms with Crippen molar-refractivity contribution >= 4 is 28.2 Å². The summed E-state index contributed by atoms with van der Waals surface area (Å²) < 4.78 is 5.06. The zero-order chi connectivity index (χ0) is 16.4. The molecule has 1 rings (SSSR count). The molecule has 0 bridgehead atoms. The summed E-state index contributed by atoms with van der Waals surface area (Å²) in [6.07, 6.45) is 0. The second kappa shape index (κ2) is 6.58. The number of anilines is 1. The molecule has 5 nitrogen and oxygen atoms in total. The third kappa shape index (κ3) is 4.04. The fraction of sp³-hybridized carbons (Fsp3) is 0.600. The maximum Gasteiger partial charge on any atom is 0.341 e. The van der Waals surface area contributed by atoms with Crippen molar-refractivity contribution < 1.29 is 14.3 Å². The molecule has 118 valence electrons. The van der Waals surface area contributed by atoms with E-state index in [0.717, 1.165) is 10.4 Å². The van der Waals surface area contributed by atoms with Crippen molar-refractivity contribution in [3.8, 4) is 0 Å². The molecule has 21 heavy (non-hydrogen) atoms. The quantitative estimate of drug-likeness (QED) is 0.838. The number of esters is 1. The lowest BCUT2D eigenvalue weighted by Gasteiger charge is -2.25. The number of nitrogens with one attached hydrogen (secondary N) is 1. The van der Waals surface area contributed by atoms with Crippen LogP contribution in [0.2, 0.25) is 0 Å². The second-order valence-corrected chi connectivity index (χ2v) is 7.27. The molecular weight excluding hydrogens is 288 g/mol. The van der Waals surface area contributed by atoms with E-state index in [1.165, 1.54) is 11.3 Å². The number of ether oxygens (including phenoxy) is 1. The Hall–Kier alpha value is -1.40. The topological polar surface area (TPSA) is 81.4 Å². The molecular formula is C15H24N2O3S. The molecule has 6 heteroatoms. The van der Waals surface area contributed by atoms with Gasteiger partial charge in [0.1, 0.15) is 5.00 Å². The van der Waals surface area contributed by atoms with Crippen LogP contribution in [0.4, 0.5) is 5.00 Å². The standard InChI is InChI=1S/C15H24N2O3S/c1-7-20-14(19)10-8(2)9(3)21-13(10)17-12(18)11(16)15(4,5)6/h11H,7,16H2,1-6H3,(H,17,18)/t11-/m0/s1. The lowest BCUT2D eigenvalue weighted by Crippen LogP contribution is -2.45. The van der Waals surface area contributed by atoms with Gasteiger partial charge in [-0.1, -0.05) is 20.8 Å². The minimum absolute atomic E-state index is 0.294. The summed E-state index contributed by atoms with van der Waals surface area (Å²) in [5.41, 5.74) is 6.85. The van der Waals surface area contributed by atoms with Crippen LogP contribution < -0.4 is 11.1 Å². The summed E-state index contributed by atoms with van der Waals surface area (Å²) in [5, 5.41) is 3.28. The number of aryl methyl sites for hydroxylation is 1. The van der Waals surface area contributed by atoms with Crippen LogP contribution >= 0.6 is 11.3 Å². The summed E-state index contributed by atoms with van der Waals surface area (Å²) in [4.78, 5) is 25.3. The zero-order valence-electron chi connectivity index (χ0n) is 13.5. The lowest BCUT2D eigenvalue weighted by molar-refractivity contribution is -0.119. The highest BCUT2D eigenvalue weighted by atomic mass is 32.1. The summed E-state index contributed by atoms with van der Waals surface area (Å²) >= 11 is 1.36. The average Bonchev–Trinajstić information content (AvgIpc) is 2.63. The van der Waals surface area contributed by atoms with Gasteiger partial charge >= 0.3 is 5.97 Å². The number of hydrogen-bond donors (Lipinski definition) is 2. The Morgan fingerprint density at radius 2 is 1.90 bits per heavy atom. The molecule has 1 aromatic rings. The first-order valence-corrected chi connectivity index (χ1v) is 7.74. The minimum Gasteiger partial charge on any atom is -0.462 e. The van der Waals surface area contributed by atoms with Gasteiger partial charge in [-0.15, -0.1) is 11.3 Å². The fourth-order valence-corrected chi connectivity index (χ4v) is 2.80. The minimum atomic E-state index is -0.657. The SMILES string of the molecule is CCOC(=O)c1c(NC(=O)[C@H](N)C(C)(C)C)sc(C)c1C. The highest BCUT2D eigenvalue weighted by Crippen LogP contribution is 2.33. The van der Waals surface area contributed by atoms with Crippen molar-refractivity contribution in [3.05, 3.63) is 16.0 Å². The molecule has 0 unspecified atom stereocenters. The van der Waals surface area contributed by atoms with Crippen LogP contribution in [0.3, 0.4) is 0 Å². The number of rotatable bonds is 4. The van der Waals surface area contributed by atoms with E-state index in [-0.39, 0.29) is 11.3 Å². The first-order valence-electron chi connectivity index (χ1n) is 6.93. The Kier molecular flexibility index (Phi) is 5.53. The van der Waals surface area contributed by atoms with Gasteiger partial charge in [0.2, 0.25) is 5.91 Å². The van der Waals surface area contributed by atoms with Crippen molar-refractivity contribution in [2.45, 2.75) is 47.6 Å². The molecule has 0 saturated heterocycles. The number of carbonyl (C=O) groups is 2. The van der Waals surface area contributed by atoms with Crippen LogP contribution in [-0.4, -0.2) is 24.5 Å². The Morgan fingerprint density at radius 1 is 1.33 bits per heavy atom. The molecule has 0 fully saturated rings. The fourth-order valence-electron chi connectivity index (χ4n) is 1.75. The number of nitrogens with two attached hydrogens (primary N) is 1. The van der Waals surface area contributed by atoms with Gasteiger partial charge in [0.15, 0.2) is 0 Å². The van der Waals surface area contributed by atoms with Gasteiger partial charge in [0.05, 0.1) is 18.2 Å². The maximum atomic E-state index is 12.2. The second-order valence-electron chi connectivity index (χ2n) is 6.04.